The second-order valence-corrected chi connectivity index (χ2v) is 4.01. The molecule has 2 aromatic heterocycles. The van der Waals surface area contributed by atoms with E-state index < -0.39 is 5.82 Å². The number of aromatic amines is 1. The van der Waals surface area contributed by atoms with Gasteiger partial charge in [-0.25, -0.2) is 19.3 Å². The summed E-state index contributed by atoms with van der Waals surface area (Å²) in [5.41, 5.74) is 1.42. The number of hydrogen-bond donors (Lipinski definition) is 2. The fourth-order valence-electron chi connectivity index (χ4n) is 1.58. The van der Waals surface area contributed by atoms with Crippen LogP contribution in [0, 0.1) is 5.82 Å². The van der Waals surface area contributed by atoms with Gasteiger partial charge >= 0.3 is 0 Å². The number of benzene rings is 1. The van der Waals surface area contributed by atoms with Crippen LogP contribution in [0.2, 0.25) is 5.02 Å². The van der Waals surface area contributed by atoms with Crippen molar-refractivity contribution in [1.29, 1.82) is 0 Å². The highest BCUT2D eigenvalue weighted by atomic mass is 35.5. The van der Waals surface area contributed by atoms with Crippen LogP contribution in [-0.2, 0) is 0 Å². The lowest BCUT2D eigenvalue weighted by Gasteiger charge is -2.07. The molecule has 0 aliphatic rings. The SMILES string of the molecule is CC.CC.Fc1cc(Cl)ccc1Nc1ncnc2nc[nH]c12. The smallest absolute Gasteiger partial charge is 0.182 e. The summed E-state index contributed by atoms with van der Waals surface area (Å²) in [6, 6.07) is 4.37. The maximum atomic E-state index is 13.6. The van der Waals surface area contributed by atoms with Crippen molar-refractivity contribution in [1.82, 2.24) is 19.9 Å². The highest BCUT2D eigenvalue weighted by Gasteiger charge is 2.08. The summed E-state index contributed by atoms with van der Waals surface area (Å²) >= 11 is 5.69. The maximum absolute atomic E-state index is 13.6. The summed E-state index contributed by atoms with van der Waals surface area (Å²) in [4.78, 5) is 14.9. The van der Waals surface area contributed by atoms with E-state index in [4.69, 9.17) is 11.6 Å². The van der Waals surface area contributed by atoms with Crippen LogP contribution in [0.25, 0.3) is 11.2 Å². The molecule has 0 amide bonds. The molecule has 0 saturated carbocycles. The Kier molecular flexibility index (Phi) is 7.25. The second kappa shape index (κ2) is 8.94. The summed E-state index contributed by atoms with van der Waals surface area (Å²) in [5, 5.41) is 3.21. The first kappa shape index (κ1) is 17.8. The van der Waals surface area contributed by atoms with Crippen molar-refractivity contribution in [3.8, 4) is 0 Å². The normalized spacial score (nSPS) is 9.36. The zero-order valence-corrected chi connectivity index (χ0v) is 13.7. The van der Waals surface area contributed by atoms with Gasteiger partial charge in [0.2, 0.25) is 0 Å². The average molecular weight is 324 g/mol. The monoisotopic (exact) mass is 323 g/mol. The van der Waals surface area contributed by atoms with Crippen molar-refractivity contribution in [3.05, 3.63) is 41.7 Å². The molecule has 0 atom stereocenters. The van der Waals surface area contributed by atoms with Gasteiger partial charge in [0.05, 0.1) is 12.0 Å². The van der Waals surface area contributed by atoms with E-state index in [1.807, 2.05) is 27.7 Å². The predicted molar refractivity (Wildman–Crippen MR) is 89.1 cm³/mol. The first-order valence-electron chi connectivity index (χ1n) is 7.10. The Labute approximate surface area is 134 Å². The lowest BCUT2D eigenvalue weighted by Crippen LogP contribution is -1.98. The van der Waals surface area contributed by atoms with Crippen LogP contribution in [0.3, 0.4) is 0 Å². The number of hydrogen-bond acceptors (Lipinski definition) is 4. The molecule has 7 heteroatoms. The number of anilines is 2. The molecule has 22 heavy (non-hydrogen) atoms. The minimum Gasteiger partial charge on any atom is -0.340 e. The van der Waals surface area contributed by atoms with Crippen molar-refractivity contribution >= 4 is 34.3 Å². The molecule has 0 fully saturated rings. The summed E-state index contributed by atoms with van der Waals surface area (Å²) in [7, 11) is 0. The van der Waals surface area contributed by atoms with E-state index in [0.717, 1.165) is 0 Å². The fourth-order valence-corrected chi connectivity index (χ4v) is 1.74. The van der Waals surface area contributed by atoms with Crippen molar-refractivity contribution < 1.29 is 4.39 Å². The van der Waals surface area contributed by atoms with Crippen LogP contribution in [0.4, 0.5) is 15.9 Å². The van der Waals surface area contributed by atoms with Gasteiger partial charge in [-0.05, 0) is 18.2 Å². The molecule has 2 heterocycles. The third-order valence-corrected chi connectivity index (χ3v) is 2.64. The van der Waals surface area contributed by atoms with E-state index in [2.05, 4.69) is 25.3 Å². The zero-order chi connectivity index (χ0) is 16.5. The number of fused-ring (bicyclic) bond motifs is 1. The number of aromatic nitrogens is 4. The Morgan fingerprint density at radius 2 is 1.82 bits per heavy atom. The molecule has 118 valence electrons. The first-order chi connectivity index (χ1) is 10.7. The molecule has 3 aromatic rings. The van der Waals surface area contributed by atoms with Crippen molar-refractivity contribution in [3.63, 3.8) is 0 Å². The fraction of sp³-hybridized carbons (Fsp3) is 0.267. The van der Waals surface area contributed by atoms with Crippen LogP contribution >= 0.6 is 11.6 Å². The third-order valence-electron chi connectivity index (χ3n) is 2.41. The van der Waals surface area contributed by atoms with Crippen molar-refractivity contribution in [2.24, 2.45) is 0 Å². The predicted octanol–water partition coefficient (Wildman–Crippen LogP) is 4.94. The lowest BCUT2D eigenvalue weighted by atomic mass is 10.3. The molecule has 2 N–H and O–H groups in total. The second-order valence-electron chi connectivity index (χ2n) is 3.57. The highest BCUT2D eigenvalue weighted by molar-refractivity contribution is 6.30. The number of halogens is 2. The Morgan fingerprint density at radius 1 is 1.09 bits per heavy atom. The van der Waals surface area contributed by atoms with E-state index >= 15 is 0 Å². The molecular formula is C15H19ClFN5. The van der Waals surface area contributed by atoms with Gasteiger partial charge in [-0.15, -0.1) is 0 Å². The summed E-state index contributed by atoms with van der Waals surface area (Å²) in [5.74, 6) is 0.00694. The Hall–Kier alpha value is -2.21. The molecule has 0 aliphatic carbocycles. The number of H-pyrrole nitrogens is 1. The number of nitrogens with one attached hydrogen (secondary N) is 2. The van der Waals surface area contributed by atoms with Crippen LogP contribution in [0.5, 0.6) is 0 Å². The third kappa shape index (κ3) is 4.14. The van der Waals surface area contributed by atoms with Crippen molar-refractivity contribution in [2.45, 2.75) is 27.7 Å². The summed E-state index contributed by atoms with van der Waals surface area (Å²) < 4.78 is 13.6. The Balaban J connectivity index is 0.000000561. The minimum absolute atomic E-state index is 0.286. The molecule has 5 nitrogen and oxygen atoms in total. The molecule has 0 radical (unpaired) electrons. The van der Waals surface area contributed by atoms with E-state index in [1.54, 1.807) is 12.1 Å². The molecule has 1 aromatic carbocycles. The summed E-state index contributed by atoms with van der Waals surface area (Å²) in [6.45, 7) is 8.00. The van der Waals surface area contributed by atoms with Gasteiger partial charge in [0.1, 0.15) is 17.7 Å². The Bertz CT molecular complexity index is 714. The quantitative estimate of drug-likeness (QED) is 0.701. The van der Waals surface area contributed by atoms with Crippen LogP contribution in [0.15, 0.2) is 30.9 Å². The minimum atomic E-state index is -0.450. The standard InChI is InChI=1S/C11H7ClFN5.2C2H6/c12-6-1-2-8(7(13)3-6)18-11-9-10(15-4-14-9)16-5-17-11;2*1-2/h1-5H,(H2,14,15,16,17,18);2*1-2H3. The average Bonchev–Trinajstić information content (AvgIpc) is 3.03. The van der Waals surface area contributed by atoms with Gasteiger partial charge in [-0.3, -0.25) is 0 Å². The van der Waals surface area contributed by atoms with E-state index in [0.29, 0.717) is 22.0 Å². The zero-order valence-electron chi connectivity index (χ0n) is 13.0. The van der Waals surface area contributed by atoms with Gasteiger partial charge in [0.25, 0.3) is 0 Å². The Morgan fingerprint density at radius 3 is 2.50 bits per heavy atom. The van der Waals surface area contributed by atoms with Crippen LogP contribution in [-0.4, -0.2) is 19.9 Å². The van der Waals surface area contributed by atoms with E-state index in [9.17, 15) is 4.39 Å². The molecule has 0 saturated heterocycles. The largest absolute Gasteiger partial charge is 0.340 e. The molecule has 3 rings (SSSR count). The number of rotatable bonds is 2. The highest BCUT2D eigenvalue weighted by Crippen LogP contribution is 2.24. The van der Waals surface area contributed by atoms with Gasteiger partial charge in [-0.2, -0.15) is 0 Å². The molecular weight excluding hydrogens is 305 g/mol. The summed E-state index contributed by atoms with van der Waals surface area (Å²) in [6.07, 6.45) is 2.86. The number of imidazole rings is 1. The van der Waals surface area contributed by atoms with Crippen molar-refractivity contribution in [2.75, 3.05) is 5.32 Å². The molecule has 0 aliphatic heterocycles. The molecule has 0 unspecified atom stereocenters. The lowest BCUT2D eigenvalue weighted by molar-refractivity contribution is 0.632. The topological polar surface area (TPSA) is 66.5 Å². The molecule has 0 bridgehead atoms. The van der Waals surface area contributed by atoms with Gasteiger partial charge in [0, 0.05) is 5.02 Å². The van der Waals surface area contributed by atoms with E-state index in [-0.39, 0.29) is 5.69 Å². The van der Waals surface area contributed by atoms with Gasteiger partial charge in [0.15, 0.2) is 11.5 Å². The van der Waals surface area contributed by atoms with Gasteiger partial charge < -0.3 is 10.3 Å². The number of nitrogens with zero attached hydrogens (tertiary/aromatic N) is 3. The first-order valence-corrected chi connectivity index (χ1v) is 7.48. The molecule has 0 spiro atoms. The van der Waals surface area contributed by atoms with Crippen LogP contribution < -0.4 is 5.32 Å². The van der Waals surface area contributed by atoms with Crippen LogP contribution in [0.1, 0.15) is 27.7 Å². The van der Waals surface area contributed by atoms with Gasteiger partial charge in [-0.1, -0.05) is 39.3 Å². The van der Waals surface area contributed by atoms with E-state index in [1.165, 1.54) is 18.7 Å². The maximum Gasteiger partial charge on any atom is 0.182 e.